The molecule has 2 aliphatic rings. The number of carboxylic acid groups (broad SMARTS) is 1. The Labute approximate surface area is 117 Å². The first-order chi connectivity index (χ1) is 9.58. The molecule has 1 aromatic rings. The monoisotopic (exact) mass is 271 g/mol. The number of carbonyl (C=O) groups excluding carboxylic acids is 1. The normalized spacial score (nSPS) is 27.2. The number of rotatable bonds is 3. The van der Waals surface area contributed by atoms with Gasteiger partial charge in [-0.1, -0.05) is 36.4 Å². The van der Waals surface area contributed by atoms with Crippen molar-refractivity contribution in [2.24, 2.45) is 11.8 Å². The van der Waals surface area contributed by atoms with Crippen molar-refractivity contribution in [1.82, 2.24) is 4.90 Å². The largest absolute Gasteiger partial charge is 0.480 e. The Morgan fingerprint density at radius 1 is 1.30 bits per heavy atom. The number of fused-ring (bicyclic) bond motifs is 1. The number of benzene rings is 1. The number of hydrogen-bond donors (Lipinski definition) is 1. The molecule has 4 heteroatoms. The Hall–Kier alpha value is -1.94. The average Bonchev–Trinajstić information content (AvgIpc) is 2.99. The fourth-order valence-corrected chi connectivity index (χ4v) is 3.13. The Kier molecular flexibility index (Phi) is 3.18. The lowest BCUT2D eigenvalue weighted by Crippen LogP contribution is -2.38. The highest BCUT2D eigenvalue weighted by Crippen LogP contribution is 2.38. The number of allylic oxidation sites excluding steroid dienone is 1. The highest BCUT2D eigenvalue weighted by molar-refractivity contribution is 6.24. The molecule has 104 valence electrons. The number of carbonyl (C=O) groups is 2. The van der Waals surface area contributed by atoms with Crippen LogP contribution in [0.5, 0.6) is 0 Å². The molecule has 1 aliphatic heterocycles. The van der Waals surface area contributed by atoms with E-state index in [4.69, 9.17) is 5.11 Å². The Balaban J connectivity index is 1.81. The number of nitrogens with zero attached hydrogens (tertiary/aromatic N) is 1. The maximum absolute atomic E-state index is 12.5. The second kappa shape index (κ2) is 4.87. The molecule has 3 atom stereocenters. The Morgan fingerprint density at radius 3 is 2.60 bits per heavy atom. The van der Waals surface area contributed by atoms with Gasteiger partial charge in [-0.2, -0.15) is 0 Å². The van der Waals surface area contributed by atoms with Crippen LogP contribution in [0.1, 0.15) is 12.5 Å². The first-order valence-corrected chi connectivity index (χ1v) is 6.86. The van der Waals surface area contributed by atoms with Crippen LogP contribution in [0, 0.1) is 11.8 Å². The summed E-state index contributed by atoms with van der Waals surface area (Å²) in [5.74, 6) is -0.600. The van der Waals surface area contributed by atoms with E-state index >= 15 is 0 Å². The standard InChI is InChI=1S/C16H17NO3/c1-10(16(19)20)17-8-12-7-13(15(18)14(12)9-17)11-5-3-2-4-6-11/h2-7,10,12,14H,8-9H2,1H3,(H,19,20)/t10?,12-,14+/m1/s1. The van der Waals surface area contributed by atoms with Gasteiger partial charge in [0.25, 0.3) is 0 Å². The third-order valence-electron chi connectivity index (χ3n) is 4.37. The molecule has 4 nitrogen and oxygen atoms in total. The molecule has 1 aromatic carbocycles. The van der Waals surface area contributed by atoms with E-state index in [2.05, 4.69) is 0 Å². The molecule has 0 radical (unpaired) electrons. The number of Topliss-reactive ketones (excluding diaryl/α,β-unsaturated/α-hetero) is 1. The average molecular weight is 271 g/mol. The molecule has 1 fully saturated rings. The van der Waals surface area contributed by atoms with E-state index in [9.17, 15) is 9.59 Å². The van der Waals surface area contributed by atoms with Gasteiger partial charge < -0.3 is 5.11 Å². The van der Waals surface area contributed by atoms with Gasteiger partial charge in [0.2, 0.25) is 0 Å². The van der Waals surface area contributed by atoms with E-state index in [0.717, 1.165) is 11.1 Å². The second-order valence-electron chi connectivity index (χ2n) is 5.55. The van der Waals surface area contributed by atoms with Gasteiger partial charge in [-0.3, -0.25) is 14.5 Å². The predicted molar refractivity (Wildman–Crippen MR) is 75.1 cm³/mol. The molecule has 0 spiro atoms. The molecule has 1 N–H and O–H groups in total. The van der Waals surface area contributed by atoms with Crippen LogP contribution >= 0.6 is 0 Å². The topological polar surface area (TPSA) is 57.6 Å². The highest BCUT2D eigenvalue weighted by Gasteiger charge is 2.44. The molecule has 1 unspecified atom stereocenters. The van der Waals surface area contributed by atoms with Gasteiger partial charge >= 0.3 is 5.97 Å². The lowest BCUT2D eigenvalue weighted by atomic mass is 9.97. The number of carboxylic acids is 1. The van der Waals surface area contributed by atoms with Crippen molar-refractivity contribution in [3.05, 3.63) is 42.0 Å². The molecule has 0 saturated carbocycles. The number of ketones is 1. The van der Waals surface area contributed by atoms with Crippen LogP contribution in [0.25, 0.3) is 5.57 Å². The molecule has 20 heavy (non-hydrogen) atoms. The van der Waals surface area contributed by atoms with Crippen LogP contribution < -0.4 is 0 Å². The molecule has 1 aliphatic carbocycles. The van der Waals surface area contributed by atoms with Crippen molar-refractivity contribution >= 4 is 17.3 Å². The van der Waals surface area contributed by atoms with E-state index in [0.29, 0.717) is 13.1 Å². The summed E-state index contributed by atoms with van der Waals surface area (Å²) in [6.07, 6.45) is 2.02. The fraction of sp³-hybridized carbons (Fsp3) is 0.375. The SMILES string of the molecule is CC(C(=O)O)N1C[C@H]2C=C(c3ccccc3)C(=O)[C@H]2C1. The van der Waals surface area contributed by atoms with Gasteiger partial charge in [-0.05, 0) is 12.5 Å². The van der Waals surface area contributed by atoms with Gasteiger partial charge in [0, 0.05) is 30.5 Å². The first-order valence-electron chi connectivity index (χ1n) is 6.86. The summed E-state index contributed by atoms with van der Waals surface area (Å²) in [5, 5.41) is 9.06. The van der Waals surface area contributed by atoms with E-state index in [1.54, 1.807) is 6.92 Å². The minimum atomic E-state index is -0.829. The number of aliphatic carboxylic acids is 1. The minimum Gasteiger partial charge on any atom is -0.480 e. The van der Waals surface area contributed by atoms with Gasteiger partial charge in [0.15, 0.2) is 5.78 Å². The molecule has 0 amide bonds. The molecular formula is C16H17NO3. The number of likely N-dealkylation sites (tertiary alicyclic amines) is 1. The van der Waals surface area contributed by atoms with E-state index in [1.807, 2.05) is 41.3 Å². The van der Waals surface area contributed by atoms with E-state index < -0.39 is 12.0 Å². The summed E-state index contributed by atoms with van der Waals surface area (Å²) >= 11 is 0. The summed E-state index contributed by atoms with van der Waals surface area (Å²) < 4.78 is 0. The lowest BCUT2D eigenvalue weighted by molar-refractivity contribution is -0.142. The number of hydrogen-bond acceptors (Lipinski definition) is 3. The van der Waals surface area contributed by atoms with Crippen LogP contribution in [0.4, 0.5) is 0 Å². The Bertz CT molecular complexity index is 579. The molecule has 1 heterocycles. The van der Waals surface area contributed by atoms with E-state index in [1.165, 1.54) is 0 Å². The minimum absolute atomic E-state index is 0.0768. The Morgan fingerprint density at radius 2 is 2.00 bits per heavy atom. The van der Waals surface area contributed by atoms with Gasteiger partial charge in [0.05, 0.1) is 0 Å². The summed E-state index contributed by atoms with van der Waals surface area (Å²) in [6.45, 7) is 2.87. The maximum Gasteiger partial charge on any atom is 0.320 e. The maximum atomic E-state index is 12.5. The second-order valence-corrected chi connectivity index (χ2v) is 5.55. The molecular weight excluding hydrogens is 254 g/mol. The molecule has 3 rings (SSSR count). The quantitative estimate of drug-likeness (QED) is 0.908. The van der Waals surface area contributed by atoms with Crippen LogP contribution in [0.15, 0.2) is 36.4 Å². The zero-order valence-corrected chi connectivity index (χ0v) is 11.3. The third kappa shape index (κ3) is 2.06. The zero-order chi connectivity index (χ0) is 14.3. The van der Waals surface area contributed by atoms with Crippen molar-refractivity contribution in [2.45, 2.75) is 13.0 Å². The van der Waals surface area contributed by atoms with E-state index in [-0.39, 0.29) is 17.6 Å². The first kappa shape index (κ1) is 13.1. The van der Waals surface area contributed by atoms with Gasteiger partial charge in [-0.15, -0.1) is 0 Å². The summed E-state index contributed by atoms with van der Waals surface area (Å²) in [5.41, 5.74) is 1.76. The third-order valence-corrected chi connectivity index (χ3v) is 4.37. The van der Waals surface area contributed by atoms with Crippen LogP contribution in [0.2, 0.25) is 0 Å². The highest BCUT2D eigenvalue weighted by atomic mass is 16.4. The summed E-state index contributed by atoms with van der Waals surface area (Å²) in [6, 6.07) is 9.15. The van der Waals surface area contributed by atoms with Crippen molar-refractivity contribution < 1.29 is 14.7 Å². The summed E-state index contributed by atoms with van der Waals surface area (Å²) in [4.78, 5) is 25.4. The summed E-state index contributed by atoms with van der Waals surface area (Å²) in [7, 11) is 0. The van der Waals surface area contributed by atoms with Crippen LogP contribution in [-0.4, -0.2) is 40.9 Å². The van der Waals surface area contributed by atoms with Crippen molar-refractivity contribution in [3.8, 4) is 0 Å². The molecule has 1 saturated heterocycles. The van der Waals surface area contributed by atoms with Crippen LogP contribution in [0.3, 0.4) is 0 Å². The molecule has 0 aromatic heterocycles. The zero-order valence-electron chi connectivity index (χ0n) is 11.3. The van der Waals surface area contributed by atoms with Crippen molar-refractivity contribution in [3.63, 3.8) is 0 Å². The smallest absolute Gasteiger partial charge is 0.320 e. The predicted octanol–water partition coefficient (Wildman–Crippen LogP) is 1.67. The van der Waals surface area contributed by atoms with Crippen molar-refractivity contribution in [1.29, 1.82) is 0 Å². The van der Waals surface area contributed by atoms with Crippen LogP contribution in [-0.2, 0) is 9.59 Å². The lowest BCUT2D eigenvalue weighted by Gasteiger charge is -2.20. The van der Waals surface area contributed by atoms with Gasteiger partial charge in [0.1, 0.15) is 6.04 Å². The van der Waals surface area contributed by atoms with Gasteiger partial charge in [-0.25, -0.2) is 0 Å². The fourth-order valence-electron chi connectivity index (χ4n) is 3.13. The molecule has 0 bridgehead atoms. The van der Waals surface area contributed by atoms with Crippen molar-refractivity contribution in [2.75, 3.05) is 13.1 Å².